The van der Waals surface area contributed by atoms with Crippen molar-refractivity contribution in [2.24, 2.45) is 0 Å². The van der Waals surface area contributed by atoms with Crippen molar-refractivity contribution in [1.82, 2.24) is 10.2 Å². The van der Waals surface area contributed by atoms with Crippen molar-refractivity contribution in [1.29, 1.82) is 0 Å². The summed E-state index contributed by atoms with van der Waals surface area (Å²) in [7, 11) is 0. The molecule has 2 heterocycles. The highest BCUT2D eigenvalue weighted by atomic mass is 32.2. The van der Waals surface area contributed by atoms with E-state index < -0.39 is 0 Å². The van der Waals surface area contributed by atoms with Crippen LogP contribution in [0.15, 0.2) is 0 Å². The SMILES string of the molecule is O=C(CCN1CCSC1=O)NC[C@H]1CCCO1. The fourth-order valence-corrected chi connectivity index (χ4v) is 2.84. The molecule has 0 bridgehead atoms. The molecule has 2 aliphatic heterocycles. The molecule has 17 heavy (non-hydrogen) atoms. The first-order valence-corrected chi connectivity index (χ1v) is 7.04. The second-order valence-electron chi connectivity index (χ2n) is 4.29. The van der Waals surface area contributed by atoms with Crippen LogP contribution in [0.3, 0.4) is 0 Å². The summed E-state index contributed by atoms with van der Waals surface area (Å²) in [6, 6.07) is 0. The third-order valence-electron chi connectivity index (χ3n) is 3.00. The third kappa shape index (κ3) is 3.89. The molecule has 2 amide bonds. The molecule has 0 saturated carbocycles. The van der Waals surface area contributed by atoms with E-state index in [9.17, 15) is 9.59 Å². The minimum absolute atomic E-state index is 0.00481. The Morgan fingerprint density at radius 3 is 3.12 bits per heavy atom. The molecule has 2 aliphatic rings. The summed E-state index contributed by atoms with van der Waals surface area (Å²) < 4.78 is 5.42. The smallest absolute Gasteiger partial charge is 0.281 e. The van der Waals surface area contributed by atoms with Gasteiger partial charge in [0.25, 0.3) is 5.24 Å². The Hall–Kier alpha value is -0.750. The zero-order valence-electron chi connectivity index (χ0n) is 9.81. The molecule has 0 aromatic rings. The predicted octanol–water partition coefficient (Wildman–Crippen LogP) is 0.840. The number of carbonyl (C=O) groups is 2. The summed E-state index contributed by atoms with van der Waals surface area (Å²) in [5.41, 5.74) is 0. The monoisotopic (exact) mass is 258 g/mol. The van der Waals surface area contributed by atoms with Gasteiger partial charge < -0.3 is 15.0 Å². The minimum atomic E-state index is 0.00481. The number of hydrogen-bond donors (Lipinski definition) is 1. The van der Waals surface area contributed by atoms with Crippen LogP contribution in [-0.4, -0.2) is 54.1 Å². The molecular formula is C11H18N2O3S. The average molecular weight is 258 g/mol. The van der Waals surface area contributed by atoms with E-state index in [1.54, 1.807) is 4.90 Å². The molecule has 1 atom stereocenters. The van der Waals surface area contributed by atoms with Crippen LogP contribution in [0.5, 0.6) is 0 Å². The van der Waals surface area contributed by atoms with Crippen molar-refractivity contribution >= 4 is 22.9 Å². The summed E-state index contributed by atoms with van der Waals surface area (Å²) in [5.74, 6) is 0.848. The van der Waals surface area contributed by atoms with Gasteiger partial charge in [-0.2, -0.15) is 0 Å². The van der Waals surface area contributed by atoms with Gasteiger partial charge in [0.1, 0.15) is 0 Å². The van der Waals surface area contributed by atoms with Crippen molar-refractivity contribution in [3.63, 3.8) is 0 Å². The van der Waals surface area contributed by atoms with Gasteiger partial charge in [-0.3, -0.25) is 9.59 Å². The molecule has 0 aromatic heterocycles. The van der Waals surface area contributed by atoms with Crippen molar-refractivity contribution in [3.8, 4) is 0 Å². The lowest BCUT2D eigenvalue weighted by Crippen LogP contribution is -2.34. The number of nitrogens with zero attached hydrogens (tertiary/aromatic N) is 1. The highest BCUT2D eigenvalue weighted by molar-refractivity contribution is 8.13. The van der Waals surface area contributed by atoms with Gasteiger partial charge in [0.2, 0.25) is 5.91 Å². The maximum atomic E-state index is 11.6. The zero-order chi connectivity index (χ0) is 12.1. The fourth-order valence-electron chi connectivity index (χ4n) is 1.99. The van der Waals surface area contributed by atoms with Crippen LogP contribution in [0.25, 0.3) is 0 Å². The molecule has 0 radical (unpaired) electrons. The molecule has 0 aromatic carbocycles. The predicted molar refractivity (Wildman–Crippen MR) is 66.0 cm³/mol. The zero-order valence-corrected chi connectivity index (χ0v) is 10.6. The summed E-state index contributed by atoms with van der Waals surface area (Å²) in [5, 5.41) is 2.95. The summed E-state index contributed by atoms with van der Waals surface area (Å²) in [6.45, 7) is 2.70. The molecule has 0 spiro atoms. The van der Waals surface area contributed by atoms with Crippen molar-refractivity contribution in [2.45, 2.75) is 25.4 Å². The van der Waals surface area contributed by atoms with Crippen LogP contribution >= 0.6 is 11.8 Å². The summed E-state index contributed by atoms with van der Waals surface area (Å²) in [6.07, 6.45) is 2.68. The fraction of sp³-hybridized carbons (Fsp3) is 0.818. The highest BCUT2D eigenvalue weighted by Gasteiger charge is 2.21. The van der Waals surface area contributed by atoms with E-state index in [0.29, 0.717) is 19.5 Å². The van der Waals surface area contributed by atoms with Crippen molar-refractivity contribution in [3.05, 3.63) is 0 Å². The first-order chi connectivity index (χ1) is 8.25. The summed E-state index contributed by atoms with van der Waals surface area (Å²) in [4.78, 5) is 24.6. The van der Waals surface area contributed by atoms with Crippen LogP contribution < -0.4 is 5.32 Å². The molecule has 0 aliphatic carbocycles. The van der Waals surface area contributed by atoms with Gasteiger partial charge in [-0.1, -0.05) is 11.8 Å². The van der Waals surface area contributed by atoms with Crippen LogP contribution in [0, 0.1) is 0 Å². The van der Waals surface area contributed by atoms with Crippen LogP contribution in [0.2, 0.25) is 0 Å². The van der Waals surface area contributed by atoms with E-state index >= 15 is 0 Å². The van der Waals surface area contributed by atoms with Gasteiger partial charge in [0.15, 0.2) is 0 Å². The van der Waals surface area contributed by atoms with Crippen molar-refractivity contribution < 1.29 is 14.3 Å². The number of carbonyl (C=O) groups excluding carboxylic acids is 2. The van der Waals surface area contributed by atoms with Crippen LogP contribution in [0.4, 0.5) is 4.79 Å². The lowest BCUT2D eigenvalue weighted by molar-refractivity contribution is -0.121. The van der Waals surface area contributed by atoms with Crippen LogP contribution in [-0.2, 0) is 9.53 Å². The first-order valence-electron chi connectivity index (χ1n) is 6.06. The molecule has 5 nitrogen and oxygen atoms in total. The molecule has 2 fully saturated rings. The van der Waals surface area contributed by atoms with E-state index in [4.69, 9.17) is 4.74 Å². The lowest BCUT2D eigenvalue weighted by atomic mass is 10.2. The Kier molecular flexibility index (Phi) is 4.67. The normalized spacial score (nSPS) is 24.4. The minimum Gasteiger partial charge on any atom is -0.376 e. The number of rotatable bonds is 5. The van der Waals surface area contributed by atoms with Gasteiger partial charge in [-0.05, 0) is 12.8 Å². The maximum Gasteiger partial charge on any atom is 0.281 e. The summed E-state index contributed by atoms with van der Waals surface area (Å²) >= 11 is 1.33. The number of hydrogen-bond acceptors (Lipinski definition) is 4. The molecule has 2 rings (SSSR count). The Labute approximate surface area is 105 Å². The Balaban J connectivity index is 1.58. The van der Waals surface area contributed by atoms with E-state index in [1.165, 1.54) is 11.8 Å². The first kappa shape index (κ1) is 12.7. The topological polar surface area (TPSA) is 58.6 Å². The average Bonchev–Trinajstić information content (AvgIpc) is 2.95. The number of thioether (sulfide) groups is 1. The Bertz CT molecular complexity index is 292. The van der Waals surface area contributed by atoms with Gasteiger partial charge >= 0.3 is 0 Å². The van der Waals surface area contributed by atoms with Gasteiger partial charge in [0.05, 0.1) is 6.10 Å². The van der Waals surface area contributed by atoms with Gasteiger partial charge in [-0.25, -0.2) is 0 Å². The Morgan fingerprint density at radius 1 is 1.59 bits per heavy atom. The lowest BCUT2D eigenvalue weighted by Gasteiger charge is -2.15. The largest absolute Gasteiger partial charge is 0.376 e. The standard InChI is InChI=1S/C11H18N2O3S/c14-10(12-8-9-2-1-6-16-9)3-4-13-5-7-17-11(13)15/h9H,1-8H2,(H,12,14)/t9-/m1/s1. The van der Waals surface area contributed by atoms with Crippen LogP contribution in [0.1, 0.15) is 19.3 Å². The molecule has 1 N–H and O–H groups in total. The second-order valence-corrected chi connectivity index (χ2v) is 5.34. The molecule has 0 unspecified atom stereocenters. The van der Waals surface area contributed by atoms with E-state index in [-0.39, 0.29) is 17.3 Å². The highest BCUT2D eigenvalue weighted by Crippen LogP contribution is 2.17. The Morgan fingerprint density at radius 2 is 2.47 bits per heavy atom. The van der Waals surface area contributed by atoms with Crippen molar-refractivity contribution in [2.75, 3.05) is 32.0 Å². The quantitative estimate of drug-likeness (QED) is 0.794. The van der Waals surface area contributed by atoms with E-state index in [1.807, 2.05) is 0 Å². The van der Waals surface area contributed by atoms with Gasteiger partial charge in [-0.15, -0.1) is 0 Å². The molecule has 6 heteroatoms. The number of nitrogens with one attached hydrogen (secondary N) is 1. The molecule has 2 saturated heterocycles. The van der Waals surface area contributed by atoms with E-state index in [0.717, 1.165) is 31.7 Å². The van der Waals surface area contributed by atoms with Gasteiger partial charge in [0, 0.05) is 38.4 Å². The third-order valence-corrected chi connectivity index (χ3v) is 3.90. The molecular weight excluding hydrogens is 240 g/mol. The van der Waals surface area contributed by atoms with E-state index in [2.05, 4.69) is 5.32 Å². The number of amides is 2. The maximum absolute atomic E-state index is 11.6. The number of ether oxygens (including phenoxy) is 1. The second kappa shape index (κ2) is 6.26. The molecule has 96 valence electrons.